The second kappa shape index (κ2) is 7.99. The Balaban J connectivity index is 1.43. The summed E-state index contributed by atoms with van der Waals surface area (Å²) in [7, 11) is 0. The zero-order chi connectivity index (χ0) is 22.1. The number of hydrogen-bond donors (Lipinski definition) is 4. The standard InChI is InChI=1S/C24H20N6O2/c25-20-16-13-14(23(31)27-12-10-15-5-3-4-11-26-15)8-9-17(16)28-21(20)22-24(32)30-19-7-2-1-6-18(19)29-22/h1-9,11,13,28H,10,12,25H2,(H,27,31)(H,30,32). The molecule has 5 aromatic rings. The molecular formula is C24H20N6O2. The molecular weight excluding hydrogens is 404 g/mol. The molecule has 158 valence electrons. The molecule has 0 radical (unpaired) electrons. The number of carbonyl (C=O) groups is 1. The van der Waals surface area contributed by atoms with Crippen LogP contribution < -0.4 is 16.6 Å². The molecule has 0 unspecified atom stereocenters. The first-order chi connectivity index (χ1) is 15.6. The molecule has 5 N–H and O–H groups in total. The lowest BCUT2D eigenvalue weighted by Gasteiger charge is -2.05. The smallest absolute Gasteiger partial charge is 0.276 e. The van der Waals surface area contributed by atoms with Gasteiger partial charge in [0.25, 0.3) is 11.5 Å². The van der Waals surface area contributed by atoms with E-state index >= 15 is 0 Å². The van der Waals surface area contributed by atoms with Gasteiger partial charge >= 0.3 is 0 Å². The van der Waals surface area contributed by atoms with Gasteiger partial charge in [-0.05, 0) is 42.5 Å². The van der Waals surface area contributed by atoms with Gasteiger partial charge < -0.3 is 21.0 Å². The molecule has 0 fully saturated rings. The minimum Gasteiger partial charge on any atom is -0.396 e. The Morgan fingerprint density at radius 2 is 1.84 bits per heavy atom. The van der Waals surface area contributed by atoms with Crippen LogP contribution in [-0.2, 0) is 6.42 Å². The summed E-state index contributed by atoms with van der Waals surface area (Å²) >= 11 is 0. The zero-order valence-electron chi connectivity index (χ0n) is 17.1. The number of aromatic nitrogens is 4. The lowest BCUT2D eigenvalue weighted by atomic mass is 10.1. The van der Waals surface area contributed by atoms with Gasteiger partial charge in [0, 0.05) is 41.3 Å². The van der Waals surface area contributed by atoms with E-state index in [2.05, 4.69) is 25.3 Å². The van der Waals surface area contributed by atoms with E-state index in [1.165, 1.54) is 0 Å². The number of hydrogen-bond acceptors (Lipinski definition) is 5. The van der Waals surface area contributed by atoms with Crippen molar-refractivity contribution in [1.82, 2.24) is 25.3 Å². The lowest BCUT2D eigenvalue weighted by molar-refractivity contribution is 0.0954. The van der Waals surface area contributed by atoms with Gasteiger partial charge in [0.05, 0.1) is 22.4 Å². The van der Waals surface area contributed by atoms with Crippen molar-refractivity contribution in [2.24, 2.45) is 0 Å². The maximum Gasteiger partial charge on any atom is 0.276 e. The average Bonchev–Trinajstić information content (AvgIpc) is 3.15. The highest BCUT2D eigenvalue weighted by Gasteiger charge is 2.17. The van der Waals surface area contributed by atoms with E-state index in [9.17, 15) is 9.59 Å². The number of anilines is 1. The van der Waals surface area contributed by atoms with Crippen molar-refractivity contribution >= 4 is 33.5 Å². The first-order valence-corrected chi connectivity index (χ1v) is 10.2. The zero-order valence-corrected chi connectivity index (χ0v) is 17.1. The van der Waals surface area contributed by atoms with Crippen LogP contribution in [0.2, 0.25) is 0 Å². The Labute approximate surface area is 182 Å². The van der Waals surface area contributed by atoms with Crippen LogP contribution in [0.5, 0.6) is 0 Å². The third-order valence-electron chi connectivity index (χ3n) is 5.33. The maximum absolute atomic E-state index is 12.6. The first kappa shape index (κ1) is 19.5. The van der Waals surface area contributed by atoms with Crippen molar-refractivity contribution in [2.75, 3.05) is 12.3 Å². The van der Waals surface area contributed by atoms with E-state index in [1.807, 2.05) is 36.4 Å². The van der Waals surface area contributed by atoms with Crippen molar-refractivity contribution in [3.63, 3.8) is 0 Å². The molecule has 2 aromatic carbocycles. The predicted molar refractivity (Wildman–Crippen MR) is 124 cm³/mol. The number of fused-ring (bicyclic) bond motifs is 2. The van der Waals surface area contributed by atoms with Gasteiger partial charge in [-0.2, -0.15) is 0 Å². The van der Waals surface area contributed by atoms with Gasteiger partial charge in [0.2, 0.25) is 0 Å². The van der Waals surface area contributed by atoms with Crippen LogP contribution in [0.3, 0.4) is 0 Å². The van der Waals surface area contributed by atoms with Crippen molar-refractivity contribution in [3.8, 4) is 11.4 Å². The summed E-state index contributed by atoms with van der Waals surface area (Å²) in [4.78, 5) is 40.0. The van der Waals surface area contributed by atoms with Crippen molar-refractivity contribution in [3.05, 3.63) is 88.5 Å². The Bertz CT molecular complexity index is 1500. The largest absolute Gasteiger partial charge is 0.396 e. The van der Waals surface area contributed by atoms with Crippen LogP contribution in [-0.4, -0.2) is 32.4 Å². The molecule has 0 spiro atoms. The average molecular weight is 424 g/mol. The van der Waals surface area contributed by atoms with E-state index in [-0.39, 0.29) is 17.2 Å². The number of H-pyrrole nitrogens is 2. The van der Waals surface area contributed by atoms with Gasteiger partial charge in [-0.1, -0.05) is 18.2 Å². The van der Waals surface area contributed by atoms with Crippen molar-refractivity contribution in [2.45, 2.75) is 6.42 Å². The Kier molecular flexibility index (Phi) is 4.87. The molecule has 3 heterocycles. The normalized spacial score (nSPS) is 11.1. The fraction of sp³-hybridized carbons (Fsp3) is 0.0833. The summed E-state index contributed by atoms with van der Waals surface area (Å²) < 4.78 is 0. The van der Waals surface area contributed by atoms with Crippen LogP contribution in [0, 0.1) is 0 Å². The van der Waals surface area contributed by atoms with Crippen LogP contribution >= 0.6 is 0 Å². The third-order valence-corrected chi connectivity index (χ3v) is 5.33. The molecule has 0 atom stereocenters. The maximum atomic E-state index is 12.6. The number of carbonyl (C=O) groups excluding carboxylic acids is 1. The topological polar surface area (TPSA) is 130 Å². The molecule has 0 aliphatic heterocycles. The number of amides is 1. The predicted octanol–water partition coefficient (Wildman–Crippen LogP) is 3.02. The highest BCUT2D eigenvalue weighted by atomic mass is 16.1. The number of nitrogen functional groups attached to an aromatic ring is 1. The van der Waals surface area contributed by atoms with Gasteiger partial charge in [-0.3, -0.25) is 14.6 Å². The van der Waals surface area contributed by atoms with Crippen molar-refractivity contribution in [1.29, 1.82) is 0 Å². The highest BCUT2D eigenvalue weighted by molar-refractivity contribution is 6.04. The Hall–Kier alpha value is -4.46. The SMILES string of the molecule is Nc1c(-c2nc3ccccc3[nH]c2=O)[nH]c2ccc(C(=O)NCCc3ccccn3)cc12. The molecule has 0 aliphatic carbocycles. The molecule has 0 saturated carbocycles. The van der Waals surface area contributed by atoms with Crippen LogP contribution in [0.1, 0.15) is 16.1 Å². The van der Waals surface area contributed by atoms with Crippen molar-refractivity contribution < 1.29 is 4.79 Å². The van der Waals surface area contributed by atoms with Crippen LogP contribution in [0.4, 0.5) is 5.69 Å². The summed E-state index contributed by atoms with van der Waals surface area (Å²) in [5, 5.41) is 3.56. The minimum absolute atomic E-state index is 0.202. The molecule has 0 bridgehead atoms. The van der Waals surface area contributed by atoms with Gasteiger partial charge in [-0.25, -0.2) is 4.98 Å². The highest BCUT2D eigenvalue weighted by Crippen LogP contribution is 2.31. The summed E-state index contributed by atoms with van der Waals surface area (Å²) in [5.74, 6) is -0.202. The van der Waals surface area contributed by atoms with Gasteiger partial charge in [-0.15, -0.1) is 0 Å². The number of para-hydroxylation sites is 2. The second-order valence-corrected chi connectivity index (χ2v) is 7.43. The Morgan fingerprint density at radius 3 is 2.69 bits per heavy atom. The van der Waals surface area contributed by atoms with E-state index in [0.717, 1.165) is 11.2 Å². The summed E-state index contributed by atoms with van der Waals surface area (Å²) in [6.45, 7) is 0.470. The van der Waals surface area contributed by atoms with E-state index in [1.54, 1.807) is 30.5 Å². The minimum atomic E-state index is -0.338. The van der Waals surface area contributed by atoms with Gasteiger partial charge in [0.1, 0.15) is 0 Å². The summed E-state index contributed by atoms with van der Waals surface area (Å²) in [6.07, 6.45) is 2.37. The molecule has 32 heavy (non-hydrogen) atoms. The van der Waals surface area contributed by atoms with E-state index in [0.29, 0.717) is 46.3 Å². The number of nitrogens with one attached hydrogen (secondary N) is 3. The third kappa shape index (κ3) is 3.58. The van der Waals surface area contributed by atoms with Gasteiger partial charge in [0.15, 0.2) is 5.69 Å². The quantitative estimate of drug-likeness (QED) is 0.345. The fourth-order valence-electron chi connectivity index (χ4n) is 3.69. The first-order valence-electron chi connectivity index (χ1n) is 10.2. The van der Waals surface area contributed by atoms with E-state index in [4.69, 9.17) is 5.73 Å². The molecule has 0 saturated heterocycles. The number of pyridine rings is 1. The summed E-state index contributed by atoms with van der Waals surface area (Å²) in [6, 6.07) is 18.2. The number of nitrogens with zero attached hydrogens (tertiary/aromatic N) is 2. The second-order valence-electron chi connectivity index (χ2n) is 7.43. The monoisotopic (exact) mass is 424 g/mol. The van der Waals surface area contributed by atoms with Crippen LogP contribution in [0.25, 0.3) is 33.3 Å². The number of benzene rings is 2. The molecule has 5 rings (SSSR count). The molecule has 8 heteroatoms. The molecule has 1 amide bonds. The number of nitrogens with two attached hydrogens (primary N) is 1. The fourth-order valence-corrected chi connectivity index (χ4v) is 3.69. The molecule has 8 nitrogen and oxygen atoms in total. The summed E-state index contributed by atoms with van der Waals surface area (Å²) in [5.41, 5.74) is 10.5. The number of rotatable bonds is 5. The van der Waals surface area contributed by atoms with Crippen LogP contribution in [0.15, 0.2) is 71.7 Å². The van der Waals surface area contributed by atoms with E-state index < -0.39 is 0 Å². The Morgan fingerprint density at radius 1 is 1.00 bits per heavy atom. The lowest BCUT2D eigenvalue weighted by Crippen LogP contribution is -2.25. The number of aromatic amines is 2. The molecule has 3 aromatic heterocycles. The molecule has 0 aliphatic rings.